The summed E-state index contributed by atoms with van der Waals surface area (Å²) in [7, 11) is 0. The molecule has 0 aliphatic rings. The van der Waals surface area contributed by atoms with Crippen LogP contribution in [0.1, 0.15) is 5.56 Å². The summed E-state index contributed by atoms with van der Waals surface area (Å²) in [6.45, 7) is 0. The van der Waals surface area contributed by atoms with Crippen LogP contribution in [-0.4, -0.2) is 11.0 Å². The van der Waals surface area contributed by atoms with Crippen LogP contribution in [-0.2, 0) is 6.42 Å². The topological polar surface area (TPSA) is 58.6 Å². The molecule has 0 aliphatic heterocycles. The van der Waals surface area contributed by atoms with Gasteiger partial charge >= 0.3 is 0 Å². The molecule has 13 heavy (non-hydrogen) atoms. The van der Waals surface area contributed by atoms with E-state index in [1.165, 1.54) is 0 Å². The van der Waals surface area contributed by atoms with Gasteiger partial charge in [0.05, 0.1) is 0 Å². The molecule has 0 saturated heterocycles. The third kappa shape index (κ3) is 3.15. The highest BCUT2D eigenvalue weighted by Crippen LogP contribution is 2.20. The number of nitrogens with zero attached hydrogens (tertiary/aromatic N) is 1. The second-order valence-electron chi connectivity index (χ2n) is 2.52. The lowest BCUT2D eigenvalue weighted by molar-refractivity contribution is 0.317. The number of nitrogens with two attached hydrogens (primary N) is 1. The summed E-state index contributed by atoms with van der Waals surface area (Å²) < 4.78 is 2.16. The Hall–Kier alpha value is -0.300. The van der Waals surface area contributed by atoms with Crippen LogP contribution in [0.5, 0.6) is 0 Å². The third-order valence-electron chi connectivity index (χ3n) is 1.50. The van der Waals surface area contributed by atoms with Gasteiger partial charge in [-0.15, -0.1) is 0 Å². The van der Waals surface area contributed by atoms with Crippen molar-refractivity contribution in [3.8, 4) is 0 Å². The van der Waals surface area contributed by atoms with Crippen molar-refractivity contribution in [1.82, 2.24) is 0 Å². The SMILES string of the molecule is N/C(Cc1ccc(I)c(Br)c1)=N/O. The maximum atomic E-state index is 8.37. The van der Waals surface area contributed by atoms with Crippen LogP contribution in [0.4, 0.5) is 0 Å². The van der Waals surface area contributed by atoms with E-state index in [-0.39, 0.29) is 5.84 Å². The quantitative estimate of drug-likeness (QED) is 0.281. The Morgan fingerprint density at radius 3 is 2.85 bits per heavy atom. The Morgan fingerprint density at radius 2 is 2.31 bits per heavy atom. The molecule has 0 unspecified atom stereocenters. The monoisotopic (exact) mass is 354 g/mol. The van der Waals surface area contributed by atoms with Gasteiger partial charge in [-0.25, -0.2) is 0 Å². The van der Waals surface area contributed by atoms with E-state index in [9.17, 15) is 0 Å². The van der Waals surface area contributed by atoms with Gasteiger partial charge in [0.25, 0.3) is 0 Å². The summed E-state index contributed by atoms with van der Waals surface area (Å²) in [5.74, 6) is 0.216. The van der Waals surface area contributed by atoms with E-state index >= 15 is 0 Å². The van der Waals surface area contributed by atoms with E-state index in [1.807, 2.05) is 18.2 Å². The first-order chi connectivity index (χ1) is 6.13. The first-order valence-corrected chi connectivity index (χ1v) is 5.41. The van der Waals surface area contributed by atoms with Crippen molar-refractivity contribution in [3.63, 3.8) is 0 Å². The van der Waals surface area contributed by atoms with Gasteiger partial charge in [-0.3, -0.25) is 0 Å². The van der Waals surface area contributed by atoms with E-state index in [0.29, 0.717) is 6.42 Å². The number of amidine groups is 1. The van der Waals surface area contributed by atoms with Crippen molar-refractivity contribution in [2.75, 3.05) is 0 Å². The summed E-state index contributed by atoms with van der Waals surface area (Å²) in [5, 5.41) is 11.3. The van der Waals surface area contributed by atoms with Gasteiger partial charge < -0.3 is 10.9 Å². The zero-order valence-electron chi connectivity index (χ0n) is 6.67. The molecular weight excluding hydrogens is 347 g/mol. The molecule has 0 aromatic heterocycles. The average molecular weight is 355 g/mol. The third-order valence-corrected chi connectivity index (χ3v) is 3.84. The lowest BCUT2D eigenvalue weighted by Gasteiger charge is -2.01. The highest BCUT2D eigenvalue weighted by Gasteiger charge is 2.00. The standard InChI is InChI=1S/C8H8BrIN2O/c9-6-3-5(1-2-7(6)10)4-8(11)12-13/h1-3,13H,4H2,(H2,11,12). The minimum Gasteiger partial charge on any atom is -0.409 e. The second-order valence-corrected chi connectivity index (χ2v) is 4.53. The summed E-state index contributed by atoms with van der Waals surface area (Å²) in [6.07, 6.45) is 0.464. The summed E-state index contributed by atoms with van der Waals surface area (Å²) in [4.78, 5) is 0. The Balaban J connectivity index is 2.86. The molecule has 0 saturated carbocycles. The molecule has 5 heteroatoms. The minimum atomic E-state index is 0.216. The molecule has 0 radical (unpaired) electrons. The highest BCUT2D eigenvalue weighted by molar-refractivity contribution is 14.1. The smallest absolute Gasteiger partial charge is 0.143 e. The Bertz CT molecular complexity index is 341. The van der Waals surface area contributed by atoms with Gasteiger partial charge in [-0.2, -0.15) is 0 Å². The number of hydrogen-bond donors (Lipinski definition) is 2. The lowest BCUT2D eigenvalue weighted by Crippen LogP contribution is -2.14. The number of oxime groups is 1. The Kier molecular flexibility index (Phi) is 3.98. The fraction of sp³-hybridized carbons (Fsp3) is 0.125. The van der Waals surface area contributed by atoms with Crippen molar-refractivity contribution in [2.24, 2.45) is 10.9 Å². The summed E-state index contributed by atoms with van der Waals surface area (Å²) in [6, 6.07) is 5.88. The molecule has 0 atom stereocenters. The number of halogens is 2. The van der Waals surface area contributed by atoms with Crippen molar-refractivity contribution < 1.29 is 5.21 Å². The minimum absolute atomic E-state index is 0.216. The molecule has 0 amide bonds. The van der Waals surface area contributed by atoms with Gasteiger partial charge in [0.15, 0.2) is 0 Å². The normalized spacial score (nSPS) is 11.7. The van der Waals surface area contributed by atoms with E-state index in [4.69, 9.17) is 10.9 Å². The molecule has 0 fully saturated rings. The fourth-order valence-corrected chi connectivity index (χ4v) is 1.66. The molecule has 1 rings (SSSR count). The van der Waals surface area contributed by atoms with Crippen LogP contribution in [0.3, 0.4) is 0 Å². The average Bonchev–Trinajstić information content (AvgIpc) is 2.11. The van der Waals surface area contributed by atoms with Crippen LogP contribution in [0.2, 0.25) is 0 Å². The Morgan fingerprint density at radius 1 is 1.62 bits per heavy atom. The van der Waals surface area contributed by atoms with E-state index in [2.05, 4.69) is 43.7 Å². The zero-order valence-corrected chi connectivity index (χ0v) is 10.4. The van der Waals surface area contributed by atoms with Gasteiger partial charge in [-0.1, -0.05) is 11.2 Å². The molecular formula is C8H8BrIN2O. The molecule has 1 aromatic carbocycles. The fourth-order valence-electron chi connectivity index (χ4n) is 0.894. The van der Waals surface area contributed by atoms with Gasteiger partial charge in [0, 0.05) is 14.5 Å². The maximum Gasteiger partial charge on any atom is 0.143 e. The summed E-state index contributed by atoms with van der Waals surface area (Å²) in [5.41, 5.74) is 6.39. The first-order valence-electron chi connectivity index (χ1n) is 3.54. The van der Waals surface area contributed by atoms with Crippen LogP contribution < -0.4 is 5.73 Å². The summed E-state index contributed by atoms with van der Waals surface area (Å²) >= 11 is 5.63. The predicted molar refractivity (Wildman–Crippen MR) is 64.0 cm³/mol. The van der Waals surface area contributed by atoms with E-state index in [1.54, 1.807) is 0 Å². The van der Waals surface area contributed by atoms with Crippen molar-refractivity contribution in [3.05, 3.63) is 31.8 Å². The molecule has 0 aliphatic carbocycles. The van der Waals surface area contributed by atoms with Crippen LogP contribution >= 0.6 is 38.5 Å². The van der Waals surface area contributed by atoms with Crippen molar-refractivity contribution >= 4 is 44.4 Å². The molecule has 3 nitrogen and oxygen atoms in total. The van der Waals surface area contributed by atoms with Crippen LogP contribution in [0.25, 0.3) is 0 Å². The molecule has 70 valence electrons. The molecule has 0 spiro atoms. The number of hydrogen-bond acceptors (Lipinski definition) is 2. The Labute approximate surface area is 98.3 Å². The largest absolute Gasteiger partial charge is 0.409 e. The predicted octanol–water partition coefficient (Wildman–Crippen LogP) is 2.34. The lowest BCUT2D eigenvalue weighted by atomic mass is 10.1. The highest BCUT2D eigenvalue weighted by atomic mass is 127. The first kappa shape index (κ1) is 10.8. The van der Waals surface area contributed by atoms with Crippen molar-refractivity contribution in [1.29, 1.82) is 0 Å². The van der Waals surface area contributed by atoms with Crippen LogP contribution in [0.15, 0.2) is 27.8 Å². The zero-order chi connectivity index (χ0) is 9.84. The van der Waals surface area contributed by atoms with E-state index in [0.717, 1.165) is 13.6 Å². The van der Waals surface area contributed by atoms with Crippen molar-refractivity contribution in [2.45, 2.75) is 6.42 Å². The second kappa shape index (κ2) is 4.80. The van der Waals surface area contributed by atoms with E-state index < -0.39 is 0 Å². The van der Waals surface area contributed by atoms with Gasteiger partial charge in [0.2, 0.25) is 0 Å². The molecule has 0 heterocycles. The van der Waals surface area contributed by atoms with Gasteiger partial charge in [0.1, 0.15) is 5.84 Å². The number of benzene rings is 1. The molecule has 3 N–H and O–H groups in total. The number of rotatable bonds is 2. The molecule has 0 bridgehead atoms. The van der Waals surface area contributed by atoms with Gasteiger partial charge in [-0.05, 0) is 56.2 Å². The molecule has 1 aromatic rings. The van der Waals surface area contributed by atoms with Crippen LogP contribution in [0, 0.1) is 3.57 Å². The maximum absolute atomic E-state index is 8.37.